The number of esters is 1. The summed E-state index contributed by atoms with van der Waals surface area (Å²) in [6, 6.07) is 2.06. The van der Waals surface area contributed by atoms with E-state index in [0.717, 1.165) is 24.8 Å². The molecule has 4 fully saturated rings. The van der Waals surface area contributed by atoms with E-state index in [1.54, 1.807) is 19.1 Å². The zero-order valence-corrected chi connectivity index (χ0v) is 24.2. The number of hydrogen-bond donors (Lipinski definition) is 1. The molecule has 0 aromatic carbocycles. The van der Waals surface area contributed by atoms with Crippen molar-refractivity contribution in [3.63, 3.8) is 0 Å². The van der Waals surface area contributed by atoms with Gasteiger partial charge in [-0.25, -0.2) is 0 Å². The summed E-state index contributed by atoms with van der Waals surface area (Å²) in [5, 5.41) is 12.6. The summed E-state index contributed by atoms with van der Waals surface area (Å²) in [7, 11) is 1.51. The second-order valence-corrected chi connectivity index (χ2v) is 14.9. The SMILES string of the molecule is CNC(=O)[C@]1(C)C(=O)C(C#N)=C[C@]2(C)C3=CC(=O)[C@]45OC(=O)[C@@]6(CCC(C)(C)C[C@H]64)CC[C@@]5(C)[C@]3(C)CC[C@@H]12. The summed E-state index contributed by atoms with van der Waals surface area (Å²) in [5.74, 6) is -1.83. The maximum absolute atomic E-state index is 14.6. The quantitative estimate of drug-likeness (QED) is 0.390. The predicted octanol–water partition coefficient (Wildman–Crippen LogP) is 4.61. The normalized spacial score (nSPS) is 49.2. The molecule has 1 N–H and O–H groups in total. The second-order valence-electron chi connectivity index (χ2n) is 14.9. The number of carbonyl (C=O) groups is 4. The number of nitrogens with one attached hydrogen (secondary N) is 1. The van der Waals surface area contributed by atoms with Crippen LogP contribution in [0.25, 0.3) is 0 Å². The standard InChI is InChI=1S/C32H40N2O5/c1-26(2)10-12-31-13-11-29(5)28(4)9-8-19-27(3,15-18(17-33)23(36)30(19,6)24(37)34-7)20(28)14-22(35)32(29,21(31)16-26)39-25(31)38/h14-15,19,21H,8-13,16H2,1-7H3,(H,34,37)/t19-,21-,27+,28-,29+,30+,31+,32-/m1/s1. The minimum atomic E-state index is -1.43. The van der Waals surface area contributed by atoms with Crippen molar-refractivity contribution >= 4 is 23.4 Å². The fraction of sp³-hybridized carbons (Fsp3) is 0.719. The molecule has 208 valence electrons. The van der Waals surface area contributed by atoms with Crippen LogP contribution in [0, 0.1) is 55.7 Å². The van der Waals surface area contributed by atoms with Gasteiger partial charge in [0, 0.05) is 23.8 Å². The third-order valence-electron chi connectivity index (χ3n) is 13.1. The van der Waals surface area contributed by atoms with Gasteiger partial charge in [-0.2, -0.15) is 5.26 Å². The number of Topliss-reactive ketones (excluding diaryl/α,β-unsaturated/α-hetero) is 1. The molecule has 8 atom stereocenters. The third kappa shape index (κ3) is 2.61. The van der Waals surface area contributed by atoms with Gasteiger partial charge < -0.3 is 10.1 Å². The molecule has 2 bridgehead atoms. The van der Waals surface area contributed by atoms with Gasteiger partial charge in [0.2, 0.25) is 5.91 Å². The number of rotatable bonds is 1. The van der Waals surface area contributed by atoms with E-state index in [2.05, 4.69) is 39.1 Å². The van der Waals surface area contributed by atoms with Crippen LogP contribution in [0.2, 0.25) is 0 Å². The highest BCUT2D eigenvalue weighted by atomic mass is 16.6. The van der Waals surface area contributed by atoms with E-state index in [9.17, 15) is 24.4 Å². The average Bonchev–Trinajstić information content (AvgIpc) is 3.07. The zero-order valence-electron chi connectivity index (χ0n) is 24.2. The molecule has 5 aliphatic carbocycles. The third-order valence-corrected chi connectivity index (χ3v) is 13.1. The van der Waals surface area contributed by atoms with E-state index in [1.165, 1.54) is 7.05 Å². The molecule has 0 radical (unpaired) electrons. The van der Waals surface area contributed by atoms with Crippen LogP contribution in [0.3, 0.4) is 0 Å². The lowest BCUT2D eigenvalue weighted by Crippen LogP contribution is -2.72. The van der Waals surface area contributed by atoms with Crippen molar-refractivity contribution in [2.75, 3.05) is 7.05 Å². The number of ketones is 2. The summed E-state index contributed by atoms with van der Waals surface area (Å²) in [6.45, 7) is 12.4. The Bertz CT molecular complexity index is 1370. The first-order chi connectivity index (χ1) is 18.0. The molecular weight excluding hydrogens is 492 g/mol. The highest BCUT2D eigenvalue weighted by Crippen LogP contribution is 2.78. The molecule has 7 heteroatoms. The molecule has 7 nitrogen and oxygen atoms in total. The lowest BCUT2D eigenvalue weighted by atomic mass is 9.33. The molecular formula is C32H40N2O5. The first-order valence-corrected chi connectivity index (χ1v) is 14.4. The van der Waals surface area contributed by atoms with Crippen LogP contribution in [0.15, 0.2) is 23.3 Å². The van der Waals surface area contributed by atoms with Crippen LogP contribution in [-0.4, -0.2) is 36.1 Å². The molecule has 0 aromatic heterocycles. The lowest BCUT2D eigenvalue weighted by Gasteiger charge is -2.68. The lowest BCUT2D eigenvalue weighted by molar-refractivity contribution is -0.206. The van der Waals surface area contributed by atoms with Gasteiger partial charge in [-0.1, -0.05) is 40.7 Å². The Morgan fingerprint density at radius 1 is 1.00 bits per heavy atom. The van der Waals surface area contributed by atoms with Gasteiger partial charge in [0.1, 0.15) is 11.5 Å². The largest absolute Gasteiger partial charge is 0.449 e. The molecule has 0 aromatic rings. The van der Waals surface area contributed by atoms with Crippen LogP contribution < -0.4 is 5.32 Å². The highest BCUT2D eigenvalue weighted by Gasteiger charge is 2.82. The van der Waals surface area contributed by atoms with Crippen LogP contribution >= 0.6 is 0 Å². The number of ether oxygens (including phenoxy) is 1. The number of fused-ring (bicyclic) bond motifs is 4. The Morgan fingerprint density at radius 3 is 2.31 bits per heavy atom. The van der Waals surface area contributed by atoms with Crippen molar-refractivity contribution in [1.82, 2.24) is 5.32 Å². The van der Waals surface area contributed by atoms with Gasteiger partial charge in [-0.3, -0.25) is 19.2 Å². The molecule has 1 aliphatic heterocycles. The number of amides is 1. The van der Waals surface area contributed by atoms with E-state index < -0.39 is 50.3 Å². The molecule has 1 saturated heterocycles. The summed E-state index contributed by atoms with van der Waals surface area (Å²) in [4.78, 5) is 55.2. The average molecular weight is 533 g/mol. The van der Waals surface area contributed by atoms with Crippen LogP contribution in [0.5, 0.6) is 0 Å². The highest BCUT2D eigenvalue weighted by molar-refractivity contribution is 6.16. The summed E-state index contributed by atoms with van der Waals surface area (Å²) in [5.41, 5.74) is -4.48. The van der Waals surface area contributed by atoms with Gasteiger partial charge in [-0.15, -0.1) is 0 Å². The van der Waals surface area contributed by atoms with Crippen molar-refractivity contribution in [1.29, 1.82) is 5.26 Å². The second kappa shape index (κ2) is 7.30. The summed E-state index contributed by atoms with van der Waals surface area (Å²) >= 11 is 0. The monoisotopic (exact) mass is 532 g/mol. The zero-order chi connectivity index (χ0) is 28.6. The van der Waals surface area contributed by atoms with Gasteiger partial charge in [0.25, 0.3) is 0 Å². The van der Waals surface area contributed by atoms with Gasteiger partial charge in [0.05, 0.1) is 11.0 Å². The van der Waals surface area contributed by atoms with E-state index in [-0.39, 0.29) is 28.7 Å². The maximum Gasteiger partial charge on any atom is 0.313 e. The number of hydrogen-bond acceptors (Lipinski definition) is 6. The molecule has 1 amide bonds. The van der Waals surface area contributed by atoms with E-state index in [4.69, 9.17) is 4.74 Å². The Morgan fingerprint density at radius 2 is 1.67 bits per heavy atom. The molecule has 0 unspecified atom stereocenters. The van der Waals surface area contributed by atoms with E-state index >= 15 is 0 Å². The van der Waals surface area contributed by atoms with Crippen molar-refractivity contribution in [3.05, 3.63) is 23.3 Å². The molecule has 39 heavy (non-hydrogen) atoms. The molecule has 1 heterocycles. The van der Waals surface area contributed by atoms with Gasteiger partial charge in [0.15, 0.2) is 17.2 Å². The fourth-order valence-corrected chi connectivity index (χ4v) is 10.7. The smallest absolute Gasteiger partial charge is 0.313 e. The van der Waals surface area contributed by atoms with Crippen LogP contribution in [0.1, 0.15) is 86.5 Å². The number of carbonyl (C=O) groups excluding carboxylic acids is 4. The Hall–Kier alpha value is -2.75. The van der Waals surface area contributed by atoms with E-state index in [0.29, 0.717) is 25.7 Å². The van der Waals surface area contributed by atoms with Gasteiger partial charge >= 0.3 is 5.97 Å². The number of allylic oxidation sites excluding steroid dienone is 3. The topological polar surface area (TPSA) is 113 Å². The molecule has 6 aliphatic rings. The minimum Gasteiger partial charge on any atom is -0.449 e. The first kappa shape index (κ1) is 26.5. The molecule has 6 rings (SSSR count). The number of nitrogens with zero attached hydrogens (tertiary/aromatic N) is 1. The van der Waals surface area contributed by atoms with Crippen LogP contribution in [-0.2, 0) is 23.9 Å². The Balaban J connectivity index is 1.60. The summed E-state index contributed by atoms with van der Waals surface area (Å²) < 4.78 is 6.44. The van der Waals surface area contributed by atoms with Crippen molar-refractivity contribution in [2.45, 2.75) is 92.1 Å². The number of nitriles is 1. The van der Waals surface area contributed by atoms with E-state index in [1.807, 2.05) is 6.92 Å². The molecule has 1 spiro atoms. The van der Waals surface area contributed by atoms with Crippen molar-refractivity contribution in [2.24, 2.45) is 44.3 Å². The van der Waals surface area contributed by atoms with Gasteiger partial charge in [-0.05, 0) is 80.3 Å². The van der Waals surface area contributed by atoms with Crippen LogP contribution in [0.4, 0.5) is 0 Å². The Labute approximate surface area is 230 Å². The maximum atomic E-state index is 14.6. The summed E-state index contributed by atoms with van der Waals surface area (Å²) in [6.07, 6.45) is 8.50. The fourth-order valence-electron chi connectivity index (χ4n) is 10.7. The first-order valence-electron chi connectivity index (χ1n) is 14.4. The van der Waals surface area contributed by atoms with Crippen molar-refractivity contribution < 1.29 is 23.9 Å². The Kier molecular flexibility index (Phi) is 4.96. The van der Waals surface area contributed by atoms with Crippen molar-refractivity contribution in [3.8, 4) is 6.07 Å². The molecule has 3 saturated carbocycles. The predicted molar refractivity (Wildman–Crippen MR) is 143 cm³/mol. The minimum absolute atomic E-state index is 0.00566.